The number of hydrogen-bond acceptors (Lipinski definition) is 2. The Hall–Kier alpha value is -2.26. The van der Waals surface area contributed by atoms with Gasteiger partial charge in [-0.15, -0.1) is 0 Å². The molecule has 0 atom stereocenters. The van der Waals surface area contributed by atoms with Crippen LogP contribution in [0.3, 0.4) is 0 Å². The van der Waals surface area contributed by atoms with Crippen molar-refractivity contribution in [2.75, 3.05) is 11.1 Å². The number of halogens is 1. The Bertz CT molecular complexity index is 707. The van der Waals surface area contributed by atoms with Gasteiger partial charge in [-0.3, -0.25) is 4.79 Å². The second kappa shape index (κ2) is 4.44. The molecule has 0 aromatic heterocycles. The third-order valence-corrected chi connectivity index (χ3v) is 3.30. The number of fused-ring (bicyclic) bond motifs is 1. The van der Waals surface area contributed by atoms with Gasteiger partial charge in [-0.05, 0) is 35.9 Å². The van der Waals surface area contributed by atoms with Crippen LogP contribution in [-0.2, 0) is 4.79 Å². The molecule has 19 heavy (non-hydrogen) atoms. The zero-order valence-corrected chi connectivity index (χ0v) is 10.7. The van der Waals surface area contributed by atoms with Gasteiger partial charge in [-0.25, -0.2) is 0 Å². The first-order valence-corrected chi connectivity index (χ1v) is 6.20. The standard InChI is InChI=1S/C15H11ClN2O/c16-10-5-6-14-11(8-10)12(15(19)18-14)7-9-3-1-2-4-13(9)17/h1-8H,17H2,(H,18,19). The molecular weight excluding hydrogens is 260 g/mol. The predicted octanol–water partition coefficient (Wildman–Crippen LogP) is 3.41. The second-order valence-electron chi connectivity index (χ2n) is 4.33. The Labute approximate surface area is 115 Å². The van der Waals surface area contributed by atoms with Gasteiger partial charge >= 0.3 is 0 Å². The highest BCUT2D eigenvalue weighted by molar-refractivity contribution is 6.36. The van der Waals surface area contributed by atoms with Crippen molar-refractivity contribution in [1.29, 1.82) is 0 Å². The van der Waals surface area contributed by atoms with E-state index in [1.807, 2.05) is 18.2 Å². The first-order valence-electron chi connectivity index (χ1n) is 5.82. The molecule has 1 aliphatic heterocycles. The van der Waals surface area contributed by atoms with Crippen LogP contribution in [0.2, 0.25) is 5.02 Å². The molecule has 0 saturated carbocycles. The number of nitrogens with two attached hydrogens (primary N) is 1. The quantitative estimate of drug-likeness (QED) is 0.616. The molecule has 0 bridgehead atoms. The fourth-order valence-corrected chi connectivity index (χ4v) is 2.27. The summed E-state index contributed by atoms with van der Waals surface area (Å²) < 4.78 is 0. The zero-order chi connectivity index (χ0) is 13.4. The van der Waals surface area contributed by atoms with Gasteiger partial charge in [0.1, 0.15) is 0 Å². The summed E-state index contributed by atoms with van der Waals surface area (Å²) in [6, 6.07) is 12.7. The van der Waals surface area contributed by atoms with Gasteiger partial charge in [0.05, 0.1) is 0 Å². The number of hydrogen-bond donors (Lipinski definition) is 2. The van der Waals surface area contributed by atoms with Gasteiger partial charge in [0.25, 0.3) is 5.91 Å². The Balaban J connectivity index is 2.14. The van der Waals surface area contributed by atoms with E-state index in [4.69, 9.17) is 17.3 Å². The number of carbonyl (C=O) groups excluding carboxylic acids is 1. The molecule has 0 radical (unpaired) electrons. The lowest BCUT2D eigenvalue weighted by Gasteiger charge is -2.02. The van der Waals surface area contributed by atoms with Crippen molar-refractivity contribution in [2.24, 2.45) is 0 Å². The molecule has 3 rings (SSSR count). The Morgan fingerprint density at radius 3 is 2.74 bits per heavy atom. The summed E-state index contributed by atoms with van der Waals surface area (Å²) in [4.78, 5) is 12.0. The van der Waals surface area contributed by atoms with Gasteiger partial charge in [0.15, 0.2) is 0 Å². The Kier molecular flexibility index (Phi) is 2.76. The third-order valence-electron chi connectivity index (χ3n) is 3.06. The van der Waals surface area contributed by atoms with E-state index in [2.05, 4.69) is 5.32 Å². The average molecular weight is 271 g/mol. The van der Waals surface area contributed by atoms with E-state index >= 15 is 0 Å². The van der Waals surface area contributed by atoms with E-state index in [9.17, 15) is 4.79 Å². The molecule has 2 aromatic carbocycles. The second-order valence-corrected chi connectivity index (χ2v) is 4.77. The summed E-state index contributed by atoms with van der Waals surface area (Å²) in [5.74, 6) is -0.138. The summed E-state index contributed by atoms with van der Waals surface area (Å²) in [7, 11) is 0. The van der Waals surface area contributed by atoms with Crippen LogP contribution in [-0.4, -0.2) is 5.91 Å². The molecule has 94 valence electrons. The van der Waals surface area contributed by atoms with Crippen LogP contribution in [0.25, 0.3) is 11.6 Å². The molecule has 0 saturated heterocycles. The maximum absolute atomic E-state index is 12.0. The fraction of sp³-hybridized carbons (Fsp3) is 0. The maximum Gasteiger partial charge on any atom is 0.256 e. The average Bonchev–Trinajstić information content (AvgIpc) is 2.69. The lowest BCUT2D eigenvalue weighted by atomic mass is 10.0. The molecule has 1 heterocycles. The summed E-state index contributed by atoms with van der Waals surface area (Å²) in [6.07, 6.45) is 1.78. The largest absolute Gasteiger partial charge is 0.398 e. The number of anilines is 2. The summed E-state index contributed by atoms with van der Waals surface area (Å²) >= 11 is 5.98. The first-order chi connectivity index (χ1) is 9.15. The van der Waals surface area contributed by atoms with Crippen LogP contribution in [0.15, 0.2) is 42.5 Å². The predicted molar refractivity (Wildman–Crippen MR) is 78.8 cm³/mol. The van der Waals surface area contributed by atoms with Gasteiger partial charge in [0, 0.05) is 27.5 Å². The van der Waals surface area contributed by atoms with Gasteiger partial charge in [-0.1, -0.05) is 29.8 Å². The molecule has 3 nitrogen and oxygen atoms in total. The van der Waals surface area contributed by atoms with E-state index in [1.165, 1.54) is 0 Å². The van der Waals surface area contributed by atoms with Crippen LogP contribution in [0, 0.1) is 0 Å². The van der Waals surface area contributed by atoms with Crippen LogP contribution >= 0.6 is 11.6 Å². The summed E-state index contributed by atoms with van der Waals surface area (Å²) in [5.41, 5.74) is 9.51. The van der Waals surface area contributed by atoms with Crippen LogP contribution in [0.4, 0.5) is 11.4 Å². The molecule has 0 spiro atoms. The molecule has 0 fully saturated rings. The van der Waals surface area contributed by atoms with Gasteiger partial charge in [-0.2, -0.15) is 0 Å². The molecule has 0 aliphatic carbocycles. The van der Waals surface area contributed by atoms with E-state index in [0.717, 1.165) is 16.8 Å². The van der Waals surface area contributed by atoms with Crippen molar-refractivity contribution < 1.29 is 4.79 Å². The molecular formula is C15H11ClN2O. The van der Waals surface area contributed by atoms with Crippen molar-refractivity contribution in [3.05, 3.63) is 58.6 Å². The van der Waals surface area contributed by atoms with Crippen molar-refractivity contribution >= 4 is 40.5 Å². The molecule has 4 heteroatoms. The number of nitrogens with one attached hydrogen (secondary N) is 1. The molecule has 2 aromatic rings. The molecule has 0 unspecified atom stereocenters. The molecule has 1 aliphatic rings. The molecule has 3 N–H and O–H groups in total. The summed E-state index contributed by atoms with van der Waals surface area (Å²) in [5, 5.41) is 3.41. The van der Waals surface area contributed by atoms with Crippen LogP contribution in [0.1, 0.15) is 11.1 Å². The number of amides is 1. The maximum atomic E-state index is 12.0. The lowest BCUT2D eigenvalue weighted by Crippen LogP contribution is -2.03. The third kappa shape index (κ3) is 2.09. The monoisotopic (exact) mass is 270 g/mol. The van der Waals surface area contributed by atoms with Crippen LogP contribution < -0.4 is 11.1 Å². The SMILES string of the molecule is Nc1ccccc1C=C1C(=O)Nc2ccc(Cl)cc21. The lowest BCUT2D eigenvalue weighted by molar-refractivity contribution is -0.110. The van der Waals surface area contributed by atoms with Crippen molar-refractivity contribution in [3.8, 4) is 0 Å². The normalized spacial score (nSPS) is 15.4. The minimum atomic E-state index is -0.138. The number of benzene rings is 2. The number of carbonyl (C=O) groups is 1. The minimum Gasteiger partial charge on any atom is -0.398 e. The number of nitrogen functional groups attached to an aromatic ring is 1. The topological polar surface area (TPSA) is 55.1 Å². The fourth-order valence-electron chi connectivity index (χ4n) is 2.10. The smallest absolute Gasteiger partial charge is 0.256 e. The van der Waals surface area contributed by atoms with Crippen molar-refractivity contribution in [1.82, 2.24) is 0 Å². The minimum absolute atomic E-state index is 0.138. The summed E-state index contributed by atoms with van der Waals surface area (Å²) in [6.45, 7) is 0. The van der Waals surface area contributed by atoms with Crippen molar-refractivity contribution in [2.45, 2.75) is 0 Å². The van der Waals surface area contributed by atoms with Gasteiger partial charge in [0.2, 0.25) is 0 Å². The van der Waals surface area contributed by atoms with E-state index in [-0.39, 0.29) is 5.91 Å². The Morgan fingerprint density at radius 1 is 1.16 bits per heavy atom. The number of para-hydroxylation sites is 1. The van der Waals surface area contributed by atoms with Crippen molar-refractivity contribution in [3.63, 3.8) is 0 Å². The first kappa shape index (κ1) is 11.8. The highest BCUT2D eigenvalue weighted by atomic mass is 35.5. The van der Waals surface area contributed by atoms with Crippen LogP contribution in [0.5, 0.6) is 0 Å². The van der Waals surface area contributed by atoms with E-state index in [1.54, 1.807) is 30.3 Å². The van der Waals surface area contributed by atoms with E-state index < -0.39 is 0 Å². The Morgan fingerprint density at radius 2 is 1.95 bits per heavy atom. The number of rotatable bonds is 1. The highest BCUT2D eigenvalue weighted by Gasteiger charge is 2.24. The zero-order valence-electron chi connectivity index (χ0n) is 9.98. The van der Waals surface area contributed by atoms with E-state index in [0.29, 0.717) is 16.3 Å². The highest BCUT2D eigenvalue weighted by Crippen LogP contribution is 2.35. The molecule has 1 amide bonds. The van der Waals surface area contributed by atoms with Gasteiger partial charge < -0.3 is 11.1 Å².